The number of anilines is 6. The average molecular weight is 1680 g/mol. The fraction of sp³-hybridized carbons (Fsp3) is 0.145. The zero-order valence-corrected chi connectivity index (χ0v) is 73.3. The maximum atomic E-state index is 6.25. The Hall–Kier alpha value is -13.8. The van der Waals surface area contributed by atoms with Crippen LogP contribution < -0.4 is 15.3 Å². The Labute approximate surface area is 734 Å². The lowest BCUT2D eigenvalue weighted by Crippen LogP contribution is -2.41. The number of fused-ring (bicyclic) bond motifs is 8. The van der Waals surface area contributed by atoms with E-state index in [0.717, 1.165) is 134 Å². The first kappa shape index (κ1) is 80.0. The third-order valence-corrected chi connectivity index (χ3v) is 25.6. The fourth-order valence-corrected chi connectivity index (χ4v) is 17.7. The molecule has 0 saturated carbocycles. The van der Waals surface area contributed by atoms with Gasteiger partial charge in [-0.15, -0.1) is 0 Å². The molecule has 0 bridgehead atoms. The Morgan fingerprint density at radius 1 is 0.298 bits per heavy atom. The van der Waals surface area contributed by atoms with Crippen LogP contribution in [0, 0.1) is 27.7 Å². The summed E-state index contributed by atoms with van der Waals surface area (Å²) in [6, 6.07) is 116. The highest BCUT2D eigenvalue weighted by Gasteiger charge is 2.52. The van der Waals surface area contributed by atoms with E-state index in [2.05, 4.69) is 366 Å². The molecule has 14 heteroatoms. The highest BCUT2D eigenvalue weighted by atomic mass is 79.9. The highest BCUT2D eigenvalue weighted by molar-refractivity contribution is 9.10. The summed E-state index contributed by atoms with van der Waals surface area (Å²) < 4.78 is 17.8. The SMILES string of the molecule is Brc1ccc(-c2nc3ccccc3n2-c2ccccc2)nc1.Cc1ccc(N(c2ccc(C)cc2)c2ccc3c(c2)C(C)(C)c2cc(-c4ccc(-c5ccc(-c6nc7ccccc7n6-c6ccccc6)nc5)cn4)ccc2-3)cc1.Cc1ccc(N(c2ccc(C)cc2)c2ccc3c(c2)C(C)(C)c2cc(-c4ccc(B5OC(C)(C)C(C)(C)O5)cn4)ccc2-3)cc1. The zero-order chi connectivity index (χ0) is 85.3. The maximum Gasteiger partial charge on any atom is 0.496 e. The van der Waals surface area contributed by atoms with Crippen molar-refractivity contribution in [3.05, 3.63) is 401 Å². The predicted octanol–water partition coefficient (Wildman–Crippen LogP) is 27.5. The second-order valence-electron chi connectivity index (χ2n) is 34.7. The molecule has 0 amide bonds. The summed E-state index contributed by atoms with van der Waals surface area (Å²) in [5, 5.41) is 0. The maximum absolute atomic E-state index is 6.25. The Balaban J connectivity index is 0.000000133. The third kappa shape index (κ3) is 15.1. The molecule has 0 N–H and O–H groups in total. The van der Waals surface area contributed by atoms with Crippen molar-refractivity contribution >= 4 is 84.7 Å². The van der Waals surface area contributed by atoms with Crippen molar-refractivity contribution in [3.8, 4) is 90.3 Å². The van der Waals surface area contributed by atoms with Gasteiger partial charge in [0.05, 0.1) is 44.7 Å². The lowest BCUT2D eigenvalue weighted by atomic mass is 9.80. The number of hydrogen-bond donors (Lipinski definition) is 0. The number of hydrogen-bond acceptors (Lipinski definition) is 10. The molecule has 606 valence electrons. The highest BCUT2D eigenvalue weighted by Crippen LogP contribution is 2.54. The number of aromatic nitrogens is 8. The topological polar surface area (TPSA) is 112 Å². The summed E-state index contributed by atoms with van der Waals surface area (Å²) in [6.07, 6.45) is 7.56. The van der Waals surface area contributed by atoms with Gasteiger partial charge in [0, 0.05) is 113 Å². The molecular weight excluding hydrogens is 1580 g/mol. The average Bonchev–Trinajstić information content (AvgIpc) is 1.58. The Bertz CT molecular complexity index is 6890. The van der Waals surface area contributed by atoms with E-state index < -0.39 is 7.12 Å². The standard InChI is InChI=1S/C52H41N5.C40H41BN2O2.C18H12BrN3/c1-34-14-21-40(22-15-34)56(41-23-16-35(2)17-24-41)42-25-27-44-43-26-18-36(30-45(43)52(3,4)46(44)31-42)47-28-19-37(32-53-47)38-20-29-49(54-33-38)51-55-48-12-8-9-13-50(48)57(51)39-10-6-5-7-11-39;1-26-9-15-30(16-10-26)43(31-17-11-27(2)12-18-31)32-19-21-34-33-20-13-28(23-35(33)38(3,4)36(34)24-32)37-22-14-29(25-42-37)41-44-39(5,6)40(7,8)45-41;19-13-10-11-16(20-12-13)18-21-15-8-4-5-9-17(15)22(18)14-6-2-1-3-7-14/h5-33H,1-4H3;9-25H,1-8H3;1-12H. The molecule has 2 aliphatic carbocycles. The lowest BCUT2D eigenvalue weighted by Gasteiger charge is -2.32. The molecule has 6 aromatic heterocycles. The van der Waals surface area contributed by atoms with Gasteiger partial charge in [-0.2, -0.15) is 0 Å². The third-order valence-electron chi connectivity index (χ3n) is 25.1. The van der Waals surface area contributed by atoms with Crippen LogP contribution in [0.4, 0.5) is 34.1 Å². The molecule has 12 nitrogen and oxygen atoms in total. The molecule has 3 aliphatic rings. The first-order chi connectivity index (χ1) is 60.0. The fourth-order valence-electron chi connectivity index (χ4n) is 17.4. The summed E-state index contributed by atoms with van der Waals surface area (Å²) in [6.45, 7) is 26.2. The van der Waals surface area contributed by atoms with Crippen molar-refractivity contribution in [1.29, 1.82) is 0 Å². The van der Waals surface area contributed by atoms with Crippen LogP contribution in [-0.2, 0) is 20.1 Å². The lowest BCUT2D eigenvalue weighted by molar-refractivity contribution is 0.00578. The van der Waals surface area contributed by atoms with Gasteiger partial charge in [-0.1, -0.05) is 214 Å². The second kappa shape index (κ2) is 32.2. The molecule has 21 rings (SSSR count). The number of aryl methyl sites for hydroxylation is 4. The van der Waals surface area contributed by atoms with E-state index in [0.29, 0.717) is 0 Å². The van der Waals surface area contributed by atoms with E-state index in [1.165, 1.54) is 66.8 Å². The van der Waals surface area contributed by atoms with Gasteiger partial charge in [0.1, 0.15) is 11.4 Å². The molecular formula is C110H94BBrN10O2. The molecule has 0 unspecified atom stereocenters. The van der Waals surface area contributed by atoms with Gasteiger partial charge in [0.15, 0.2) is 11.6 Å². The first-order valence-electron chi connectivity index (χ1n) is 42.4. The van der Waals surface area contributed by atoms with E-state index in [9.17, 15) is 0 Å². The van der Waals surface area contributed by atoms with Crippen molar-refractivity contribution in [3.63, 3.8) is 0 Å². The number of para-hydroxylation sites is 6. The van der Waals surface area contributed by atoms with E-state index in [1.54, 1.807) is 6.20 Å². The molecule has 124 heavy (non-hydrogen) atoms. The number of rotatable bonds is 14. The van der Waals surface area contributed by atoms with Crippen LogP contribution in [0.5, 0.6) is 0 Å². The zero-order valence-electron chi connectivity index (χ0n) is 71.7. The van der Waals surface area contributed by atoms with Gasteiger partial charge in [-0.05, 0) is 280 Å². The Morgan fingerprint density at radius 3 is 0.984 bits per heavy atom. The van der Waals surface area contributed by atoms with Crippen molar-refractivity contribution in [1.82, 2.24) is 39.0 Å². The minimum Gasteiger partial charge on any atom is -0.399 e. The number of halogens is 1. The first-order valence-corrected chi connectivity index (χ1v) is 43.2. The van der Waals surface area contributed by atoms with Crippen molar-refractivity contribution in [2.24, 2.45) is 0 Å². The van der Waals surface area contributed by atoms with Gasteiger partial charge >= 0.3 is 7.12 Å². The smallest absolute Gasteiger partial charge is 0.399 e. The minimum absolute atomic E-state index is 0.175. The molecule has 0 atom stereocenters. The molecule has 1 saturated heterocycles. The van der Waals surface area contributed by atoms with Gasteiger partial charge in [0.2, 0.25) is 0 Å². The summed E-state index contributed by atoms with van der Waals surface area (Å²) in [5.74, 6) is 1.66. The van der Waals surface area contributed by atoms with Gasteiger partial charge in [-0.3, -0.25) is 29.1 Å². The molecule has 0 spiro atoms. The quantitative estimate of drug-likeness (QED) is 0.0976. The molecule has 0 radical (unpaired) electrons. The number of pyridine rings is 4. The van der Waals surface area contributed by atoms with Crippen molar-refractivity contribution in [2.45, 2.75) is 105 Å². The van der Waals surface area contributed by atoms with E-state index in [-0.39, 0.29) is 22.0 Å². The van der Waals surface area contributed by atoms with Crippen molar-refractivity contribution < 1.29 is 9.31 Å². The van der Waals surface area contributed by atoms with Crippen LogP contribution >= 0.6 is 15.9 Å². The summed E-state index contributed by atoms with van der Waals surface area (Å²) >= 11 is 3.43. The Morgan fingerprint density at radius 2 is 0.621 bits per heavy atom. The van der Waals surface area contributed by atoms with Crippen molar-refractivity contribution in [2.75, 3.05) is 9.80 Å². The van der Waals surface area contributed by atoms with Gasteiger partial charge in [-0.25, -0.2) is 9.97 Å². The minimum atomic E-state index is -0.418. The predicted molar refractivity (Wildman–Crippen MR) is 514 cm³/mol. The molecule has 1 fully saturated rings. The van der Waals surface area contributed by atoms with Crippen LogP contribution in [0.2, 0.25) is 0 Å². The van der Waals surface area contributed by atoms with Crippen LogP contribution in [0.15, 0.2) is 357 Å². The summed E-state index contributed by atoms with van der Waals surface area (Å²) in [5.41, 5.74) is 36.1. The Kier molecular flexibility index (Phi) is 20.8. The van der Waals surface area contributed by atoms with Crippen LogP contribution in [0.25, 0.3) is 112 Å². The number of imidazole rings is 2. The summed E-state index contributed by atoms with van der Waals surface area (Å²) in [7, 11) is -0.418. The molecule has 7 heterocycles. The van der Waals surface area contributed by atoms with Gasteiger partial charge in [0.25, 0.3) is 0 Å². The van der Waals surface area contributed by atoms with Crippen LogP contribution in [-0.4, -0.2) is 57.4 Å². The number of benzene rings is 12. The number of nitrogens with zero attached hydrogens (tertiary/aromatic N) is 10. The van der Waals surface area contributed by atoms with E-state index in [4.69, 9.17) is 34.2 Å². The largest absolute Gasteiger partial charge is 0.496 e. The second-order valence-corrected chi connectivity index (χ2v) is 35.6. The summed E-state index contributed by atoms with van der Waals surface area (Å²) in [4.78, 5) is 33.7. The van der Waals surface area contributed by atoms with E-state index >= 15 is 0 Å². The monoisotopic (exact) mass is 1680 g/mol. The van der Waals surface area contributed by atoms with Gasteiger partial charge < -0.3 is 19.1 Å². The molecule has 18 aromatic rings. The van der Waals surface area contributed by atoms with Crippen LogP contribution in [0.3, 0.4) is 0 Å². The normalized spacial score (nSPS) is 14.0. The van der Waals surface area contributed by atoms with E-state index in [1.807, 2.05) is 104 Å². The van der Waals surface area contributed by atoms with Crippen LogP contribution in [0.1, 0.15) is 99.9 Å². The molecule has 12 aromatic carbocycles. The molecule has 1 aliphatic heterocycles.